The number of rotatable bonds is 2. The Balaban J connectivity index is 1.87. The van der Waals surface area contributed by atoms with E-state index in [4.69, 9.17) is 5.73 Å². The molecule has 0 bridgehead atoms. The Hall–Kier alpha value is -1.84. The zero-order chi connectivity index (χ0) is 14.1. The van der Waals surface area contributed by atoms with Crippen molar-refractivity contribution in [1.82, 2.24) is 9.97 Å². The third-order valence-corrected chi connectivity index (χ3v) is 4.56. The summed E-state index contributed by atoms with van der Waals surface area (Å²) in [5, 5.41) is 4.63. The molecule has 4 heteroatoms. The van der Waals surface area contributed by atoms with Crippen molar-refractivity contribution in [3.05, 3.63) is 24.3 Å². The van der Waals surface area contributed by atoms with E-state index in [1.54, 1.807) is 0 Å². The number of hydrogen-bond donors (Lipinski definition) is 2. The Labute approximate surface area is 119 Å². The number of benzene rings is 1. The van der Waals surface area contributed by atoms with Crippen LogP contribution in [0.1, 0.15) is 33.1 Å². The number of fused-ring (bicyclic) bond motifs is 1. The first-order valence-corrected chi connectivity index (χ1v) is 7.42. The van der Waals surface area contributed by atoms with Gasteiger partial charge in [-0.1, -0.05) is 26.0 Å². The van der Waals surface area contributed by atoms with Gasteiger partial charge in [-0.2, -0.15) is 4.98 Å². The number of nitrogens with one attached hydrogen (secondary N) is 1. The minimum atomic E-state index is 0.337. The molecular weight excluding hydrogens is 248 g/mol. The summed E-state index contributed by atoms with van der Waals surface area (Å²) >= 11 is 0. The molecule has 0 saturated heterocycles. The number of hydrogen-bond acceptors (Lipinski definition) is 4. The Kier molecular flexibility index (Phi) is 3.47. The molecule has 1 saturated carbocycles. The van der Waals surface area contributed by atoms with Gasteiger partial charge >= 0.3 is 0 Å². The lowest BCUT2D eigenvalue weighted by molar-refractivity contribution is 0.260. The summed E-state index contributed by atoms with van der Waals surface area (Å²) in [4.78, 5) is 8.68. The molecule has 0 amide bonds. The van der Waals surface area contributed by atoms with Crippen molar-refractivity contribution in [2.24, 2.45) is 11.8 Å². The van der Waals surface area contributed by atoms with E-state index in [-0.39, 0.29) is 0 Å². The van der Waals surface area contributed by atoms with Gasteiger partial charge < -0.3 is 11.1 Å². The molecule has 1 aromatic carbocycles. The van der Waals surface area contributed by atoms with Crippen LogP contribution in [0.3, 0.4) is 0 Å². The van der Waals surface area contributed by atoms with Crippen LogP contribution in [0, 0.1) is 11.8 Å². The standard InChI is InChI=1S/C16H22N4/c1-10-7-8-12(9-11(10)2)18-15-13-5-3-4-6-14(13)19-16(17)20-15/h3-6,10-12H,7-9H2,1-2H3,(H3,17,18,19,20). The van der Waals surface area contributed by atoms with E-state index in [2.05, 4.69) is 29.1 Å². The van der Waals surface area contributed by atoms with Crippen LogP contribution in [-0.4, -0.2) is 16.0 Å². The predicted octanol–water partition coefficient (Wildman–Crippen LogP) is 3.45. The van der Waals surface area contributed by atoms with Gasteiger partial charge in [-0.05, 0) is 43.2 Å². The first kappa shape index (κ1) is 13.2. The van der Waals surface area contributed by atoms with Crippen molar-refractivity contribution in [3.63, 3.8) is 0 Å². The Bertz CT molecular complexity index is 610. The van der Waals surface area contributed by atoms with E-state index in [9.17, 15) is 0 Å². The summed E-state index contributed by atoms with van der Waals surface area (Å²) < 4.78 is 0. The highest BCUT2D eigenvalue weighted by Crippen LogP contribution is 2.32. The third kappa shape index (κ3) is 2.55. The molecule has 1 aliphatic carbocycles. The summed E-state index contributed by atoms with van der Waals surface area (Å²) in [7, 11) is 0. The highest BCUT2D eigenvalue weighted by Gasteiger charge is 2.25. The number of anilines is 2. The molecule has 0 spiro atoms. The van der Waals surface area contributed by atoms with Crippen LogP contribution in [0.25, 0.3) is 10.9 Å². The maximum atomic E-state index is 5.82. The average molecular weight is 270 g/mol. The molecule has 3 unspecified atom stereocenters. The number of nitrogen functional groups attached to an aromatic ring is 1. The van der Waals surface area contributed by atoms with Gasteiger partial charge in [0.25, 0.3) is 0 Å². The second kappa shape index (κ2) is 5.27. The molecule has 1 aliphatic rings. The van der Waals surface area contributed by atoms with Crippen LogP contribution in [0.15, 0.2) is 24.3 Å². The normalized spacial score (nSPS) is 26.6. The molecule has 3 rings (SSSR count). The van der Waals surface area contributed by atoms with Gasteiger partial charge in [0.15, 0.2) is 0 Å². The van der Waals surface area contributed by atoms with E-state index in [0.29, 0.717) is 12.0 Å². The smallest absolute Gasteiger partial charge is 0.222 e. The molecule has 1 fully saturated rings. The zero-order valence-electron chi connectivity index (χ0n) is 12.1. The zero-order valence-corrected chi connectivity index (χ0v) is 12.1. The molecule has 106 valence electrons. The van der Waals surface area contributed by atoms with Crippen molar-refractivity contribution < 1.29 is 0 Å². The van der Waals surface area contributed by atoms with Crippen LogP contribution in [0.4, 0.5) is 11.8 Å². The van der Waals surface area contributed by atoms with Gasteiger partial charge in [-0.15, -0.1) is 0 Å². The number of nitrogens with two attached hydrogens (primary N) is 1. The lowest BCUT2D eigenvalue weighted by Crippen LogP contribution is -2.30. The van der Waals surface area contributed by atoms with Crippen molar-refractivity contribution in [1.29, 1.82) is 0 Å². The molecule has 3 atom stereocenters. The van der Waals surface area contributed by atoms with E-state index < -0.39 is 0 Å². The second-order valence-electron chi connectivity index (χ2n) is 6.06. The summed E-state index contributed by atoms with van der Waals surface area (Å²) in [6, 6.07) is 8.50. The van der Waals surface area contributed by atoms with Crippen LogP contribution in [-0.2, 0) is 0 Å². The van der Waals surface area contributed by atoms with Gasteiger partial charge in [0.05, 0.1) is 5.52 Å². The van der Waals surface area contributed by atoms with E-state index in [0.717, 1.165) is 28.6 Å². The maximum absolute atomic E-state index is 5.82. The summed E-state index contributed by atoms with van der Waals surface area (Å²) in [6.45, 7) is 4.68. The molecule has 1 aromatic heterocycles. The molecule has 4 nitrogen and oxygen atoms in total. The number of nitrogens with zero attached hydrogens (tertiary/aromatic N) is 2. The fourth-order valence-corrected chi connectivity index (χ4v) is 3.08. The molecule has 3 N–H and O–H groups in total. The van der Waals surface area contributed by atoms with Gasteiger partial charge in [0, 0.05) is 11.4 Å². The van der Waals surface area contributed by atoms with Crippen LogP contribution in [0.2, 0.25) is 0 Å². The lowest BCUT2D eigenvalue weighted by Gasteiger charge is -2.33. The largest absolute Gasteiger partial charge is 0.368 e. The molecular formula is C16H22N4. The van der Waals surface area contributed by atoms with Crippen molar-refractivity contribution in [3.8, 4) is 0 Å². The SMILES string of the molecule is CC1CCC(Nc2nc(N)nc3ccccc23)CC1C. The second-order valence-corrected chi connectivity index (χ2v) is 6.06. The molecule has 0 aliphatic heterocycles. The minimum Gasteiger partial charge on any atom is -0.368 e. The topological polar surface area (TPSA) is 63.8 Å². The van der Waals surface area contributed by atoms with Crippen LogP contribution in [0.5, 0.6) is 0 Å². The summed E-state index contributed by atoms with van der Waals surface area (Å²) in [6.07, 6.45) is 3.67. The highest BCUT2D eigenvalue weighted by atomic mass is 15.1. The fourth-order valence-electron chi connectivity index (χ4n) is 3.08. The van der Waals surface area contributed by atoms with Gasteiger partial charge in [0.1, 0.15) is 5.82 Å². The molecule has 1 heterocycles. The van der Waals surface area contributed by atoms with Crippen LogP contribution < -0.4 is 11.1 Å². The minimum absolute atomic E-state index is 0.337. The summed E-state index contributed by atoms with van der Waals surface area (Å²) in [5.41, 5.74) is 6.72. The lowest BCUT2D eigenvalue weighted by atomic mass is 9.79. The Morgan fingerprint density at radius 3 is 2.70 bits per heavy atom. The third-order valence-electron chi connectivity index (χ3n) is 4.56. The molecule has 20 heavy (non-hydrogen) atoms. The first-order chi connectivity index (χ1) is 9.63. The van der Waals surface area contributed by atoms with E-state index >= 15 is 0 Å². The summed E-state index contributed by atoms with van der Waals surface area (Å²) in [5.74, 6) is 2.79. The highest BCUT2D eigenvalue weighted by molar-refractivity contribution is 5.89. The van der Waals surface area contributed by atoms with Crippen molar-refractivity contribution >= 4 is 22.7 Å². The predicted molar refractivity (Wildman–Crippen MR) is 83.5 cm³/mol. The molecule has 0 radical (unpaired) electrons. The molecule has 2 aromatic rings. The quantitative estimate of drug-likeness (QED) is 0.877. The van der Waals surface area contributed by atoms with Gasteiger partial charge in [-0.25, -0.2) is 4.98 Å². The fraction of sp³-hybridized carbons (Fsp3) is 0.500. The number of aromatic nitrogens is 2. The Morgan fingerprint density at radius 1 is 1.10 bits per heavy atom. The first-order valence-electron chi connectivity index (χ1n) is 7.42. The van der Waals surface area contributed by atoms with Crippen LogP contribution >= 0.6 is 0 Å². The monoisotopic (exact) mass is 270 g/mol. The number of para-hydroxylation sites is 1. The Morgan fingerprint density at radius 2 is 1.90 bits per heavy atom. The van der Waals surface area contributed by atoms with E-state index in [1.807, 2.05) is 24.3 Å². The van der Waals surface area contributed by atoms with Crippen molar-refractivity contribution in [2.75, 3.05) is 11.1 Å². The van der Waals surface area contributed by atoms with E-state index in [1.165, 1.54) is 19.3 Å². The van der Waals surface area contributed by atoms with Crippen molar-refractivity contribution in [2.45, 2.75) is 39.2 Å². The van der Waals surface area contributed by atoms with Gasteiger partial charge in [0.2, 0.25) is 5.95 Å². The maximum Gasteiger partial charge on any atom is 0.222 e. The average Bonchev–Trinajstić information content (AvgIpc) is 2.43. The van der Waals surface area contributed by atoms with Gasteiger partial charge in [-0.3, -0.25) is 0 Å².